The molecule has 0 aliphatic carbocycles. The van der Waals surface area contributed by atoms with E-state index >= 15 is 0 Å². The highest BCUT2D eigenvalue weighted by molar-refractivity contribution is 5.74. The van der Waals surface area contributed by atoms with Gasteiger partial charge in [-0.15, -0.1) is 0 Å². The lowest BCUT2D eigenvalue weighted by Crippen LogP contribution is -2.43. The van der Waals surface area contributed by atoms with Crippen LogP contribution < -0.4 is 5.73 Å². The maximum atomic E-state index is 12.1. The molecular formula is C13H28N4O. The minimum Gasteiger partial charge on any atom is -0.330 e. The first kappa shape index (κ1) is 15.2. The molecule has 2 N–H and O–H groups in total. The van der Waals surface area contributed by atoms with Crippen LogP contribution in [0, 0.1) is 0 Å². The van der Waals surface area contributed by atoms with Crippen LogP contribution in [0.4, 0.5) is 4.79 Å². The summed E-state index contributed by atoms with van der Waals surface area (Å²) in [7, 11) is 1.87. The van der Waals surface area contributed by atoms with Crippen LogP contribution in [0.15, 0.2) is 0 Å². The first-order valence-electron chi connectivity index (χ1n) is 7.11. The zero-order valence-electron chi connectivity index (χ0n) is 11.9. The lowest BCUT2D eigenvalue weighted by atomic mass is 10.3. The van der Waals surface area contributed by atoms with Crippen molar-refractivity contribution in [2.75, 3.05) is 52.9 Å². The van der Waals surface area contributed by atoms with Gasteiger partial charge in [-0.2, -0.15) is 0 Å². The van der Waals surface area contributed by atoms with Crippen molar-refractivity contribution >= 4 is 6.03 Å². The molecule has 0 spiro atoms. The van der Waals surface area contributed by atoms with Crippen LogP contribution in [0.5, 0.6) is 0 Å². The first-order chi connectivity index (χ1) is 8.69. The van der Waals surface area contributed by atoms with Crippen molar-refractivity contribution in [3.63, 3.8) is 0 Å². The summed E-state index contributed by atoms with van der Waals surface area (Å²) in [4.78, 5) is 18.3. The van der Waals surface area contributed by atoms with E-state index in [0.717, 1.165) is 58.7 Å². The van der Waals surface area contributed by atoms with Gasteiger partial charge < -0.3 is 20.4 Å². The van der Waals surface area contributed by atoms with Crippen LogP contribution in [0.2, 0.25) is 0 Å². The van der Waals surface area contributed by atoms with E-state index in [9.17, 15) is 4.79 Å². The second-order valence-electron chi connectivity index (χ2n) is 4.97. The van der Waals surface area contributed by atoms with Gasteiger partial charge in [-0.1, -0.05) is 0 Å². The predicted octanol–water partition coefficient (Wildman–Crippen LogP) is 0.805. The maximum Gasteiger partial charge on any atom is 0.319 e. The van der Waals surface area contributed by atoms with Crippen LogP contribution in [-0.4, -0.2) is 73.6 Å². The van der Waals surface area contributed by atoms with Crippen LogP contribution >= 0.6 is 0 Å². The van der Waals surface area contributed by atoms with E-state index in [0.29, 0.717) is 0 Å². The lowest BCUT2D eigenvalue weighted by Gasteiger charge is -2.26. The Morgan fingerprint density at radius 1 is 1.22 bits per heavy atom. The average Bonchev–Trinajstić information content (AvgIpc) is 2.63. The molecule has 1 rings (SSSR count). The van der Waals surface area contributed by atoms with Crippen molar-refractivity contribution in [3.05, 3.63) is 0 Å². The van der Waals surface area contributed by atoms with Crippen LogP contribution in [0.1, 0.15) is 26.2 Å². The molecule has 0 atom stereocenters. The molecule has 0 aromatic carbocycles. The predicted molar refractivity (Wildman–Crippen MR) is 74.6 cm³/mol. The fourth-order valence-electron chi connectivity index (χ4n) is 2.24. The molecule has 0 aromatic heterocycles. The van der Waals surface area contributed by atoms with Crippen molar-refractivity contribution in [1.29, 1.82) is 0 Å². The first-order valence-corrected chi connectivity index (χ1v) is 7.11. The number of urea groups is 1. The number of hydrogen-bond acceptors (Lipinski definition) is 3. The molecule has 1 fully saturated rings. The number of unbranched alkanes of at least 4 members (excludes halogenated alkanes) is 1. The van der Waals surface area contributed by atoms with E-state index in [2.05, 4.69) is 4.90 Å². The highest BCUT2D eigenvalue weighted by Crippen LogP contribution is 2.06. The van der Waals surface area contributed by atoms with Crippen LogP contribution in [-0.2, 0) is 0 Å². The number of nitrogens with zero attached hydrogens (tertiary/aromatic N) is 3. The number of amides is 2. The van der Waals surface area contributed by atoms with E-state index in [1.165, 1.54) is 6.42 Å². The lowest BCUT2D eigenvalue weighted by molar-refractivity contribution is 0.165. The minimum atomic E-state index is 0.168. The summed E-state index contributed by atoms with van der Waals surface area (Å²) in [6.45, 7) is 8.51. The second-order valence-corrected chi connectivity index (χ2v) is 4.97. The molecule has 5 heteroatoms. The molecule has 1 aliphatic heterocycles. The van der Waals surface area contributed by atoms with Crippen molar-refractivity contribution in [2.24, 2.45) is 5.73 Å². The van der Waals surface area contributed by atoms with Crippen molar-refractivity contribution < 1.29 is 4.79 Å². The molecular weight excluding hydrogens is 228 g/mol. The third-order valence-electron chi connectivity index (χ3n) is 3.59. The fraction of sp³-hybridized carbons (Fsp3) is 0.923. The molecule has 1 aliphatic rings. The third kappa shape index (κ3) is 4.82. The largest absolute Gasteiger partial charge is 0.330 e. The molecule has 18 heavy (non-hydrogen) atoms. The number of carbonyl (C=O) groups excluding carboxylic acids is 1. The molecule has 1 saturated heterocycles. The Morgan fingerprint density at radius 2 is 2.00 bits per heavy atom. The summed E-state index contributed by atoms with van der Waals surface area (Å²) in [5.74, 6) is 0. The molecule has 0 radical (unpaired) electrons. The van der Waals surface area contributed by atoms with Crippen molar-refractivity contribution in [2.45, 2.75) is 26.2 Å². The van der Waals surface area contributed by atoms with Gasteiger partial charge in [0.1, 0.15) is 0 Å². The van der Waals surface area contributed by atoms with Crippen molar-refractivity contribution in [3.8, 4) is 0 Å². The number of hydrogen-bond donors (Lipinski definition) is 1. The van der Waals surface area contributed by atoms with E-state index in [-0.39, 0.29) is 6.03 Å². The van der Waals surface area contributed by atoms with Gasteiger partial charge in [0.15, 0.2) is 0 Å². The van der Waals surface area contributed by atoms with E-state index in [1.54, 1.807) is 4.90 Å². The van der Waals surface area contributed by atoms with Gasteiger partial charge in [-0.3, -0.25) is 0 Å². The van der Waals surface area contributed by atoms with Crippen molar-refractivity contribution in [1.82, 2.24) is 14.7 Å². The standard InChI is InChI=1S/C13H28N4O/c1-3-15(2)13(18)17-10-6-9-16(11-12-17)8-5-4-7-14/h3-12,14H2,1-2H3. The zero-order valence-corrected chi connectivity index (χ0v) is 11.9. The number of nitrogens with two attached hydrogens (primary N) is 1. The van der Waals surface area contributed by atoms with Gasteiger partial charge in [0.05, 0.1) is 0 Å². The Bertz CT molecular complexity index is 247. The highest BCUT2D eigenvalue weighted by atomic mass is 16.2. The van der Waals surface area contributed by atoms with Gasteiger partial charge in [-0.05, 0) is 45.8 Å². The van der Waals surface area contributed by atoms with E-state index in [4.69, 9.17) is 5.73 Å². The molecule has 0 bridgehead atoms. The Morgan fingerprint density at radius 3 is 2.67 bits per heavy atom. The van der Waals surface area contributed by atoms with E-state index < -0.39 is 0 Å². The molecule has 0 saturated carbocycles. The summed E-state index contributed by atoms with van der Waals surface area (Å²) in [6.07, 6.45) is 3.34. The number of rotatable bonds is 5. The average molecular weight is 256 g/mol. The van der Waals surface area contributed by atoms with E-state index in [1.807, 2.05) is 18.9 Å². The molecule has 2 amide bonds. The second kappa shape index (κ2) is 8.32. The van der Waals surface area contributed by atoms with Gasteiger partial charge in [-0.25, -0.2) is 4.79 Å². The molecule has 0 aromatic rings. The third-order valence-corrected chi connectivity index (χ3v) is 3.59. The van der Waals surface area contributed by atoms with Gasteiger partial charge in [0.25, 0.3) is 0 Å². The van der Waals surface area contributed by atoms with Gasteiger partial charge >= 0.3 is 6.03 Å². The Labute approximate surface area is 111 Å². The Kier molecular flexibility index (Phi) is 7.05. The maximum absolute atomic E-state index is 12.1. The smallest absolute Gasteiger partial charge is 0.319 e. The zero-order chi connectivity index (χ0) is 13.4. The molecule has 1 heterocycles. The normalized spacial score (nSPS) is 17.6. The molecule has 0 unspecified atom stereocenters. The molecule has 106 valence electrons. The summed E-state index contributed by atoms with van der Waals surface area (Å²) < 4.78 is 0. The van der Waals surface area contributed by atoms with Gasteiger partial charge in [0.2, 0.25) is 0 Å². The summed E-state index contributed by atoms with van der Waals surface area (Å²) in [5, 5.41) is 0. The summed E-state index contributed by atoms with van der Waals surface area (Å²) in [5.41, 5.74) is 5.51. The summed E-state index contributed by atoms with van der Waals surface area (Å²) >= 11 is 0. The number of carbonyl (C=O) groups is 1. The Hall–Kier alpha value is -0.810. The fourth-order valence-corrected chi connectivity index (χ4v) is 2.24. The monoisotopic (exact) mass is 256 g/mol. The quantitative estimate of drug-likeness (QED) is 0.741. The Balaban J connectivity index is 2.34. The summed E-state index contributed by atoms with van der Waals surface area (Å²) in [6, 6.07) is 0.168. The SMILES string of the molecule is CCN(C)C(=O)N1CCCN(CCCCN)CC1. The van der Waals surface area contributed by atoms with Gasteiger partial charge in [0, 0.05) is 33.2 Å². The molecule has 5 nitrogen and oxygen atoms in total. The van der Waals surface area contributed by atoms with Crippen LogP contribution in [0.3, 0.4) is 0 Å². The minimum absolute atomic E-state index is 0.168. The highest BCUT2D eigenvalue weighted by Gasteiger charge is 2.20. The van der Waals surface area contributed by atoms with Crippen LogP contribution in [0.25, 0.3) is 0 Å². The topological polar surface area (TPSA) is 52.8 Å².